The summed E-state index contributed by atoms with van der Waals surface area (Å²) in [5.41, 5.74) is 5.59. The Balaban J connectivity index is 2.39. The number of hydrogen-bond donors (Lipinski definition) is 2. The highest BCUT2D eigenvalue weighted by atomic mass is 16.2. The van der Waals surface area contributed by atoms with E-state index in [9.17, 15) is 4.79 Å². The van der Waals surface area contributed by atoms with Crippen molar-refractivity contribution in [2.45, 2.75) is 32.7 Å². The van der Waals surface area contributed by atoms with Gasteiger partial charge in [-0.15, -0.1) is 0 Å². The third kappa shape index (κ3) is 4.92. The first-order valence-corrected chi connectivity index (χ1v) is 7.13. The maximum Gasteiger partial charge on any atom is 0.237 e. The van der Waals surface area contributed by atoms with Crippen LogP contribution in [0.4, 0.5) is 0 Å². The summed E-state index contributed by atoms with van der Waals surface area (Å²) in [5.74, 6) is 0.157. The summed E-state index contributed by atoms with van der Waals surface area (Å²) in [6.07, 6.45) is 2.11. The van der Waals surface area contributed by atoms with Gasteiger partial charge in [0.25, 0.3) is 0 Å². The molecule has 1 aliphatic rings. The Bertz CT molecular complexity index is 247. The quantitative estimate of drug-likeness (QED) is 0.695. The van der Waals surface area contributed by atoms with Crippen LogP contribution in [0.5, 0.6) is 0 Å². The Morgan fingerprint density at radius 2 is 2.11 bits per heavy atom. The number of hydrogen-bond acceptors (Lipinski definition) is 4. The second kappa shape index (κ2) is 8.45. The fourth-order valence-electron chi connectivity index (χ4n) is 2.35. The average molecular weight is 256 g/mol. The summed E-state index contributed by atoms with van der Waals surface area (Å²) in [5, 5.41) is 2.97. The molecule has 1 heterocycles. The van der Waals surface area contributed by atoms with Crippen molar-refractivity contribution in [2.24, 2.45) is 5.73 Å². The molecule has 1 amide bonds. The molecule has 1 rings (SSSR count). The highest BCUT2D eigenvalue weighted by Gasteiger charge is 2.23. The van der Waals surface area contributed by atoms with Crippen molar-refractivity contribution in [3.8, 4) is 0 Å². The number of nitrogens with zero attached hydrogens (tertiary/aromatic N) is 2. The monoisotopic (exact) mass is 256 g/mol. The van der Waals surface area contributed by atoms with Gasteiger partial charge >= 0.3 is 0 Å². The number of nitrogens with one attached hydrogen (secondary N) is 1. The van der Waals surface area contributed by atoms with Crippen LogP contribution in [-0.4, -0.2) is 67.6 Å². The Hall–Kier alpha value is -0.650. The van der Waals surface area contributed by atoms with Crippen molar-refractivity contribution in [3.05, 3.63) is 0 Å². The van der Waals surface area contributed by atoms with Crippen molar-refractivity contribution in [1.29, 1.82) is 0 Å². The molecular formula is C13H28N4O. The smallest absolute Gasteiger partial charge is 0.237 e. The maximum atomic E-state index is 11.9. The van der Waals surface area contributed by atoms with Crippen LogP contribution >= 0.6 is 0 Å². The standard InChI is InChI=1S/C13H28N4O/c1-3-6-15-13(18)12(2)17-8-4-7-16(9-5-14)10-11-17/h12H,3-11,14H2,1-2H3,(H,15,18). The largest absolute Gasteiger partial charge is 0.355 e. The van der Waals surface area contributed by atoms with Gasteiger partial charge in [0.1, 0.15) is 0 Å². The van der Waals surface area contributed by atoms with Gasteiger partial charge in [-0.3, -0.25) is 9.69 Å². The molecule has 0 spiro atoms. The van der Waals surface area contributed by atoms with E-state index in [2.05, 4.69) is 22.0 Å². The predicted molar refractivity (Wildman–Crippen MR) is 74.4 cm³/mol. The van der Waals surface area contributed by atoms with Crippen LogP contribution in [0, 0.1) is 0 Å². The van der Waals surface area contributed by atoms with Crippen LogP contribution in [-0.2, 0) is 4.79 Å². The van der Waals surface area contributed by atoms with E-state index in [-0.39, 0.29) is 11.9 Å². The van der Waals surface area contributed by atoms with E-state index < -0.39 is 0 Å². The summed E-state index contributed by atoms with van der Waals surface area (Å²) >= 11 is 0. The number of carbonyl (C=O) groups is 1. The van der Waals surface area contributed by atoms with Crippen LogP contribution in [0.15, 0.2) is 0 Å². The molecule has 0 aliphatic carbocycles. The first kappa shape index (κ1) is 15.4. The Morgan fingerprint density at radius 1 is 1.33 bits per heavy atom. The van der Waals surface area contributed by atoms with E-state index in [0.29, 0.717) is 6.54 Å². The molecule has 106 valence electrons. The van der Waals surface area contributed by atoms with Crippen molar-refractivity contribution in [1.82, 2.24) is 15.1 Å². The SMILES string of the molecule is CCCNC(=O)C(C)N1CCCN(CCN)CC1. The summed E-state index contributed by atoms with van der Waals surface area (Å²) in [6, 6.07) is -0.0191. The number of carbonyl (C=O) groups excluding carboxylic acids is 1. The molecule has 0 radical (unpaired) electrons. The molecule has 1 atom stereocenters. The van der Waals surface area contributed by atoms with E-state index in [1.807, 2.05) is 6.92 Å². The molecule has 5 nitrogen and oxygen atoms in total. The van der Waals surface area contributed by atoms with Crippen LogP contribution in [0.25, 0.3) is 0 Å². The minimum Gasteiger partial charge on any atom is -0.355 e. The first-order valence-electron chi connectivity index (χ1n) is 7.13. The van der Waals surface area contributed by atoms with Crippen molar-refractivity contribution < 1.29 is 4.79 Å². The van der Waals surface area contributed by atoms with Gasteiger partial charge in [-0.25, -0.2) is 0 Å². The maximum absolute atomic E-state index is 11.9. The number of nitrogens with two attached hydrogens (primary N) is 1. The molecule has 1 saturated heterocycles. The molecular weight excluding hydrogens is 228 g/mol. The van der Waals surface area contributed by atoms with Gasteiger partial charge in [0.15, 0.2) is 0 Å². The molecule has 0 aromatic heterocycles. The Kier molecular flexibility index (Phi) is 7.23. The topological polar surface area (TPSA) is 61.6 Å². The van der Waals surface area contributed by atoms with E-state index >= 15 is 0 Å². The second-order valence-corrected chi connectivity index (χ2v) is 4.99. The van der Waals surface area contributed by atoms with E-state index in [0.717, 1.165) is 52.1 Å². The average Bonchev–Trinajstić information content (AvgIpc) is 2.61. The number of amides is 1. The van der Waals surface area contributed by atoms with Crippen LogP contribution in [0.1, 0.15) is 26.7 Å². The molecule has 0 aromatic carbocycles. The third-order valence-corrected chi connectivity index (χ3v) is 3.54. The van der Waals surface area contributed by atoms with Gasteiger partial charge in [0, 0.05) is 39.3 Å². The Labute approximate surface area is 111 Å². The highest BCUT2D eigenvalue weighted by Crippen LogP contribution is 2.07. The fraction of sp³-hybridized carbons (Fsp3) is 0.923. The lowest BCUT2D eigenvalue weighted by Gasteiger charge is -2.26. The van der Waals surface area contributed by atoms with Crippen LogP contribution in [0.3, 0.4) is 0 Å². The third-order valence-electron chi connectivity index (χ3n) is 3.54. The van der Waals surface area contributed by atoms with Gasteiger partial charge in [-0.1, -0.05) is 6.92 Å². The first-order chi connectivity index (χ1) is 8.69. The zero-order valence-electron chi connectivity index (χ0n) is 11.8. The normalized spacial score (nSPS) is 20.4. The summed E-state index contributed by atoms with van der Waals surface area (Å²) in [7, 11) is 0. The van der Waals surface area contributed by atoms with Crippen molar-refractivity contribution in [3.63, 3.8) is 0 Å². The minimum absolute atomic E-state index is 0.0191. The lowest BCUT2D eigenvalue weighted by atomic mass is 10.2. The van der Waals surface area contributed by atoms with Gasteiger partial charge in [0.05, 0.1) is 6.04 Å². The fourth-order valence-corrected chi connectivity index (χ4v) is 2.35. The molecule has 0 aromatic rings. The lowest BCUT2D eigenvalue weighted by molar-refractivity contribution is -0.125. The molecule has 5 heteroatoms. The van der Waals surface area contributed by atoms with Gasteiger partial charge in [-0.2, -0.15) is 0 Å². The Morgan fingerprint density at radius 3 is 2.78 bits per heavy atom. The zero-order valence-corrected chi connectivity index (χ0v) is 11.8. The molecule has 1 aliphatic heterocycles. The van der Waals surface area contributed by atoms with Crippen molar-refractivity contribution in [2.75, 3.05) is 45.8 Å². The predicted octanol–water partition coefficient (Wildman–Crippen LogP) is -0.132. The van der Waals surface area contributed by atoms with Crippen molar-refractivity contribution >= 4 is 5.91 Å². The lowest BCUT2D eigenvalue weighted by Crippen LogP contribution is -2.46. The summed E-state index contributed by atoms with van der Waals surface area (Å²) in [6.45, 7) is 10.6. The minimum atomic E-state index is -0.0191. The van der Waals surface area contributed by atoms with E-state index in [4.69, 9.17) is 5.73 Å². The van der Waals surface area contributed by atoms with Gasteiger partial charge in [-0.05, 0) is 26.3 Å². The molecule has 1 fully saturated rings. The van der Waals surface area contributed by atoms with E-state index in [1.54, 1.807) is 0 Å². The summed E-state index contributed by atoms with van der Waals surface area (Å²) < 4.78 is 0. The molecule has 0 bridgehead atoms. The van der Waals surface area contributed by atoms with Crippen LogP contribution < -0.4 is 11.1 Å². The molecule has 3 N–H and O–H groups in total. The van der Waals surface area contributed by atoms with Crippen LogP contribution in [0.2, 0.25) is 0 Å². The van der Waals surface area contributed by atoms with E-state index in [1.165, 1.54) is 0 Å². The molecule has 0 saturated carbocycles. The summed E-state index contributed by atoms with van der Waals surface area (Å²) in [4.78, 5) is 16.6. The molecule has 18 heavy (non-hydrogen) atoms. The number of rotatable bonds is 6. The molecule has 1 unspecified atom stereocenters. The van der Waals surface area contributed by atoms with Gasteiger partial charge in [0.2, 0.25) is 5.91 Å². The zero-order chi connectivity index (χ0) is 13.4. The second-order valence-electron chi connectivity index (χ2n) is 4.99. The highest BCUT2D eigenvalue weighted by molar-refractivity contribution is 5.81. The van der Waals surface area contributed by atoms with Gasteiger partial charge < -0.3 is 16.0 Å².